The molecule has 3 rings (SSSR count). The second kappa shape index (κ2) is 5.08. The van der Waals surface area contributed by atoms with Gasteiger partial charge in [-0.05, 0) is 5.92 Å². The smallest absolute Gasteiger partial charge is 0.237 e. The molecule has 2 bridgehead atoms. The van der Waals surface area contributed by atoms with Crippen molar-refractivity contribution in [3.05, 3.63) is 12.2 Å². The minimum absolute atomic E-state index is 0.140. The third-order valence-electron chi connectivity index (χ3n) is 4.51. The lowest BCUT2D eigenvalue weighted by molar-refractivity contribution is -0.139. The summed E-state index contributed by atoms with van der Waals surface area (Å²) in [6.45, 7) is 4.72. The lowest BCUT2D eigenvalue weighted by Crippen LogP contribution is -2.45. The number of likely N-dealkylation sites (tertiary alicyclic amines) is 1. The zero-order chi connectivity index (χ0) is 16.1. The summed E-state index contributed by atoms with van der Waals surface area (Å²) in [6.07, 6.45) is 3.33. The molecule has 0 aromatic heterocycles. The van der Waals surface area contributed by atoms with Gasteiger partial charge in [0.15, 0.2) is 0 Å². The molecular formula is C15H21N3O4. The number of nitrogens with two attached hydrogens (primary N) is 1. The molecule has 1 spiro atoms. The number of rotatable bonds is 5. The average Bonchev–Trinajstić information content (AvgIpc) is 3.04. The van der Waals surface area contributed by atoms with Crippen LogP contribution in [0.5, 0.6) is 0 Å². The highest BCUT2D eigenvalue weighted by Crippen LogP contribution is 2.51. The van der Waals surface area contributed by atoms with Gasteiger partial charge in [-0.3, -0.25) is 14.4 Å². The van der Waals surface area contributed by atoms with Crippen molar-refractivity contribution in [2.75, 3.05) is 19.6 Å². The van der Waals surface area contributed by atoms with E-state index in [2.05, 4.69) is 5.32 Å². The predicted octanol–water partition coefficient (Wildman–Crippen LogP) is -0.974. The third kappa shape index (κ3) is 2.20. The number of nitrogens with one attached hydrogen (secondary N) is 1. The van der Waals surface area contributed by atoms with Gasteiger partial charge in [0.2, 0.25) is 17.7 Å². The third-order valence-corrected chi connectivity index (χ3v) is 4.51. The van der Waals surface area contributed by atoms with Crippen LogP contribution in [0.15, 0.2) is 12.2 Å². The maximum Gasteiger partial charge on any atom is 0.237 e. The number of ether oxygens (including phenoxy) is 1. The second-order valence-electron chi connectivity index (χ2n) is 6.70. The van der Waals surface area contributed by atoms with Crippen LogP contribution >= 0.6 is 0 Å². The number of nitrogens with zero attached hydrogens (tertiary/aromatic N) is 1. The summed E-state index contributed by atoms with van der Waals surface area (Å²) in [5, 5.41) is 2.88. The number of amides is 3. The highest BCUT2D eigenvalue weighted by molar-refractivity contribution is 5.94. The summed E-state index contributed by atoms with van der Waals surface area (Å²) in [5.41, 5.74) is 4.40. The van der Waals surface area contributed by atoms with Crippen molar-refractivity contribution in [2.45, 2.75) is 25.6 Å². The zero-order valence-electron chi connectivity index (χ0n) is 12.7. The van der Waals surface area contributed by atoms with E-state index in [0.29, 0.717) is 12.5 Å². The molecule has 0 radical (unpaired) electrons. The number of carbonyl (C=O) groups excluding carboxylic acids is 3. The molecule has 3 aliphatic rings. The maximum absolute atomic E-state index is 12.6. The van der Waals surface area contributed by atoms with Crippen molar-refractivity contribution in [1.29, 1.82) is 0 Å². The molecule has 2 fully saturated rings. The molecule has 0 aromatic rings. The normalized spacial score (nSPS) is 35.3. The molecule has 3 N–H and O–H groups in total. The van der Waals surface area contributed by atoms with Crippen LogP contribution in [-0.2, 0) is 19.1 Å². The van der Waals surface area contributed by atoms with E-state index in [4.69, 9.17) is 10.5 Å². The fraction of sp³-hybridized carbons (Fsp3) is 0.667. The van der Waals surface area contributed by atoms with E-state index in [0.717, 1.165) is 0 Å². The van der Waals surface area contributed by atoms with E-state index in [-0.39, 0.29) is 31.0 Å². The number of fused-ring (bicyclic) bond motifs is 1. The number of hydrogen-bond donors (Lipinski definition) is 2. The first-order valence-corrected chi connectivity index (χ1v) is 7.56. The minimum atomic E-state index is -0.781. The van der Waals surface area contributed by atoms with Gasteiger partial charge < -0.3 is 20.7 Å². The van der Waals surface area contributed by atoms with Crippen LogP contribution in [-0.4, -0.2) is 54.0 Å². The molecule has 0 aromatic carbocycles. The zero-order valence-corrected chi connectivity index (χ0v) is 12.7. The predicted molar refractivity (Wildman–Crippen MR) is 77.3 cm³/mol. The molecular weight excluding hydrogens is 286 g/mol. The Kier molecular flexibility index (Phi) is 3.47. The molecule has 3 amide bonds. The van der Waals surface area contributed by atoms with E-state index in [1.807, 2.05) is 26.0 Å². The summed E-state index contributed by atoms with van der Waals surface area (Å²) in [4.78, 5) is 37.5. The second-order valence-corrected chi connectivity index (χ2v) is 6.70. The first-order chi connectivity index (χ1) is 10.3. The largest absolute Gasteiger partial charge is 0.368 e. The molecule has 7 nitrogen and oxygen atoms in total. The molecule has 0 unspecified atom stereocenters. The number of hydrogen-bond acceptors (Lipinski definition) is 4. The van der Waals surface area contributed by atoms with Gasteiger partial charge >= 0.3 is 0 Å². The number of primary amides is 1. The quantitative estimate of drug-likeness (QED) is 0.638. The molecule has 0 aliphatic carbocycles. The van der Waals surface area contributed by atoms with Gasteiger partial charge in [-0.2, -0.15) is 0 Å². The van der Waals surface area contributed by atoms with Crippen molar-refractivity contribution < 1.29 is 19.1 Å². The van der Waals surface area contributed by atoms with E-state index >= 15 is 0 Å². The summed E-state index contributed by atoms with van der Waals surface area (Å²) in [6, 6.07) is 0. The van der Waals surface area contributed by atoms with Gasteiger partial charge in [0.05, 0.1) is 31.0 Å². The highest BCUT2D eigenvalue weighted by Gasteiger charge is 2.66. The molecule has 7 heteroatoms. The van der Waals surface area contributed by atoms with Gasteiger partial charge in [-0.25, -0.2) is 0 Å². The van der Waals surface area contributed by atoms with Crippen LogP contribution in [0.4, 0.5) is 0 Å². The summed E-state index contributed by atoms with van der Waals surface area (Å²) < 4.78 is 5.92. The Labute approximate surface area is 128 Å². The van der Waals surface area contributed by atoms with Gasteiger partial charge in [0.1, 0.15) is 5.60 Å². The lowest BCUT2D eigenvalue weighted by Gasteiger charge is -2.23. The van der Waals surface area contributed by atoms with E-state index < -0.39 is 23.3 Å². The first-order valence-electron chi connectivity index (χ1n) is 7.56. The fourth-order valence-electron chi connectivity index (χ4n) is 3.62. The van der Waals surface area contributed by atoms with Crippen LogP contribution in [0.1, 0.15) is 13.8 Å². The van der Waals surface area contributed by atoms with Crippen molar-refractivity contribution in [2.24, 2.45) is 23.5 Å². The molecule has 22 heavy (non-hydrogen) atoms. The molecule has 3 heterocycles. The maximum atomic E-state index is 12.6. The molecule has 2 saturated heterocycles. The van der Waals surface area contributed by atoms with Crippen LogP contribution in [0, 0.1) is 17.8 Å². The standard InChI is InChI=1S/C15H21N3O4/c1-8(2)5-17-13(20)11-9-3-4-15(22-9)7-18(6-10(16)19)14(21)12(11)15/h3-4,8-9,11-12H,5-7H2,1-2H3,(H2,16,19)(H,17,20)/t9-,11-,12+,15-/m1/s1. The van der Waals surface area contributed by atoms with Gasteiger partial charge in [0.25, 0.3) is 0 Å². The summed E-state index contributed by atoms with van der Waals surface area (Å²) in [5.74, 6) is -1.72. The van der Waals surface area contributed by atoms with Crippen molar-refractivity contribution >= 4 is 17.7 Å². The Balaban J connectivity index is 1.80. The monoisotopic (exact) mass is 307 g/mol. The Morgan fingerprint density at radius 1 is 1.55 bits per heavy atom. The fourth-order valence-corrected chi connectivity index (χ4v) is 3.62. The Hall–Kier alpha value is -1.89. The SMILES string of the molecule is CC(C)CNC(=O)[C@H]1[C@H]2C(=O)N(CC(N)=O)C[C@]23C=C[C@H]1O3. The van der Waals surface area contributed by atoms with E-state index in [9.17, 15) is 14.4 Å². The van der Waals surface area contributed by atoms with Crippen LogP contribution in [0.25, 0.3) is 0 Å². The van der Waals surface area contributed by atoms with Crippen LogP contribution in [0.3, 0.4) is 0 Å². The highest BCUT2D eigenvalue weighted by atomic mass is 16.5. The van der Waals surface area contributed by atoms with Crippen molar-refractivity contribution in [3.63, 3.8) is 0 Å². The Bertz CT molecular complexity index is 559. The van der Waals surface area contributed by atoms with E-state index in [1.54, 1.807) is 0 Å². The van der Waals surface area contributed by atoms with Crippen LogP contribution in [0.2, 0.25) is 0 Å². The van der Waals surface area contributed by atoms with Gasteiger partial charge in [-0.15, -0.1) is 0 Å². The van der Waals surface area contributed by atoms with Crippen molar-refractivity contribution in [3.8, 4) is 0 Å². The molecule has 4 atom stereocenters. The van der Waals surface area contributed by atoms with Gasteiger partial charge in [-0.1, -0.05) is 26.0 Å². The lowest BCUT2D eigenvalue weighted by atomic mass is 9.77. The first kappa shape index (κ1) is 15.0. The summed E-state index contributed by atoms with van der Waals surface area (Å²) in [7, 11) is 0. The Morgan fingerprint density at radius 3 is 2.91 bits per heavy atom. The topological polar surface area (TPSA) is 102 Å². The minimum Gasteiger partial charge on any atom is -0.368 e. The molecule has 0 saturated carbocycles. The Morgan fingerprint density at radius 2 is 2.27 bits per heavy atom. The summed E-state index contributed by atoms with van der Waals surface area (Å²) >= 11 is 0. The number of carbonyl (C=O) groups is 3. The molecule has 3 aliphatic heterocycles. The average molecular weight is 307 g/mol. The van der Waals surface area contributed by atoms with Crippen molar-refractivity contribution in [1.82, 2.24) is 10.2 Å². The molecule has 120 valence electrons. The van der Waals surface area contributed by atoms with Gasteiger partial charge in [0, 0.05) is 6.54 Å². The van der Waals surface area contributed by atoms with Crippen LogP contribution < -0.4 is 11.1 Å². The van der Waals surface area contributed by atoms with E-state index in [1.165, 1.54) is 4.90 Å².